The number of carbonyl (C=O) groups is 1. The molecule has 1 aromatic heterocycles. The first-order valence-corrected chi connectivity index (χ1v) is 6.40. The Kier molecular flexibility index (Phi) is 4.55. The summed E-state index contributed by atoms with van der Waals surface area (Å²) in [4.78, 5) is 24.5. The number of hydrogen-bond acceptors (Lipinski definition) is 4. The van der Waals surface area contributed by atoms with E-state index >= 15 is 0 Å². The maximum absolute atomic E-state index is 11.6. The van der Waals surface area contributed by atoms with E-state index in [0.717, 1.165) is 11.3 Å². The molecule has 0 saturated heterocycles. The van der Waals surface area contributed by atoms with Crippen LogP contribution in [0.25, 0.3) is 0 Å². The zero-order valence-electron chi connectivity index (χ0n) is 11.9. The molecule has 1 heterocycles. The molecule has 0 aliphatic heterocycles. The quantitative estimate of drug-likeness (QED) is 0.551. The van der Waals surface area contributed by atoms with Gasteiger partial charge in [-0.25, -0.2) is 5.43 Å². The minimum atomic E-state index is -0.300. The fraction of sp³-hybridized carbons (Fsp3) is 0.214. The summed E-state index contributed by atoms with van der Waals surface area (Å²) in [5.41, 5.74) is 4.64. The van der Waals surface area contributed by atoms with Crippen LogP contribution in [0.1, 0.15) is 11.3 Å². The third-order valence-electron chi connectivity index (χ3n) is 2.81. The molecule has 0 aliphatic carbocycles. The Balaban J connectivity index is 1.86. The Morgan fingerprint density at radius 2 is 2.00 bits per heavy atom. The molecule has 1 aromatic carbocycles. The molecule has 0 saturated carbocycles. The van der Waals surface area contributed by atoms with Crippen molar-refractivity contribution in [3.8, 4) is 0 Å². The number of rotatable bonds is 5. The van der Waals surface area contributed by atoms with Gasteiger partial charge in [0.1, 0.15) is 0 Å². The van der Waals surface area contributed by atoms with Gasteiger partial charge in [0, 0.05) is 31.5 Å². The Hall–Kier alpha value is -2.83. The lowest BCUT2D eigenvalue weighted by Crippen LogP contribution is -2.20. The van der Waals surface area contributed by atoms with E-state index in [9.17, 15) is 9.59 Å². The molecular weight excluding hydrogens is 270 g/mol. The molecule has 0 spiro atoms. The lowest BCUT2D eigenvalue weighted by atomic mass is 10.2. The van der Waals surface area contributed by atoms with Crippen LogP contribution in [0.5, 0.6) is 0 Å². The number of H-pyrrole nitrogens is 2. The molecule has 7 nitrogen and oxygen atoms in total. The van der Waals surface area contributed by atoms with E-state index in [1.165, 1.54) is 6.07 Å². The van der Waals surface area contributed by atoms with Crippen LogP contribution in [0.15, 0.2) is 40.2 Å². The Morgan fingerprint density at radius 1 is 1.29 bits per heavy atom. The predicted octanol–water partition coefficient (Wildman–Crippen LogP) is 0.462. The standard InChI is InChI=1S/C14H17N5O2/c1-19(2)12-5-3-10(4-6-12)9-15-17-13(20)7-11-8-14(21)18-16-11/h3-6,8-9H,7H2,1-2H3,(H,17,20)(H2,16,18,21). The molecule has 1 amide bonds. The van der Waals surface area contributed by atoms with Gasteiger partial charge in [0.05, 0.1) is 12.6 Å². The highest BCUT2D eigenvalue weighted by molar-refractivity contribution is 5.83. The maximum Gasteiger partial charge on any atom is 0.264 e. The van der Waals surface area contributed by atoms with Crippen molar-refractivity contribution in [2.75, 3.05) is 19.0 Å². The first-order chi connectivity index (χ1) is 10.0. The summed E-state index contributed by atoms with van der Waals surface area (Å²) in [7, 11) is 3.93. The second-order valence-corrected chi connectivity index (χ2v) is 4.74. The van der Waals surface area contributed by atoms with Gasteiger partial charge in [-0.05, 0) is 17.7 Å². The molecule has 2 aromatic rings. The fourth-order valence-corrected chi connectivity index (χ4v) is 1.72. The molecule has 110 valence electrons. The van der Waals surface area contributed by atoms with E-state index in [2.05, 4.69) is 20.7 Å². The number of aromatic amines is 2. The highest BCUT2D eigenvalue weighted by Crippen LogP contribution is 2.10. The third kappa shape index (κ3) is 4.34. The average Bonchev–Trinajstić information content (AvgIpc) is 2.84. The van der Waals surface area contributed by atoms with Crippen molar-refractivity contribution in [3.63, 3.8) is 0 Å². The van der Waals surface area contributed by atoms with Crippen LogP contribution in [0.3, 0.4) is 0 Å². The third-order valence-corrected chi connectivity index (χ3v) is 2.81. The second-order valence-electron chi connectivity index (χ2n) is 4.74. The van der Waals surface area contributed by atoms with Crippen LogP contribution in [0, 0.1) is 0 Å². The van der Waals surface area contributed by atoms with Crippen LogP contribution in [0.4, 0.5) is 5.69 Å². The summed E-state index contributed by atoms with van der Waals surface area (Å²) in [6.45, 7) is 0. The first-order valence-electron chi connectivity index (χ1n) is 6.40. The van der Waals surface area contributed by atoms with Crippen molar-refractivity contribution < 1.29 is 4.79 Å². The largest absolute Gasteiger partial charge is 0.378 e. The number of amides is 1. The lowest BCUT2D eigenvalue weighted by molar-refractivity contribution is -0.120. The van der Waals surface area contributed by atoms with E-state index in [0.29, 0.717) is 5.69 Å². The average molecular weight is 287 g/mol. The van der Waals surface area contributed by atoms with Gasteiger partial charge in [-0.15, -0.1) is 0 Å². The molecule has 7 heteroatoms. The molecule has 3 N–H and O–H groups in total. The molecule has 0 fully saturated rings. The van der Waals surface area contributed by atoms with Crippen LogP contribution in [-0.4, -0.2) is 36.4 Å². The van der Waals surface area contributed by atoms with Gasteiger partial charge in [0.2, 0.25) is 5.91 Å². The van der Waals surface area contributed by atoms with Gasteiger partial charge in [0.15, 0.2) is 0 Å². The van der Waals surface area contributed by atoms with Gasteiger partial charge < -0.3 is 10.00 Å². The van der Waals surface area contributed by atoms with Crippen molar-refractivity contribution in [1.82, 2.24) is 15.6 Å². The smallest absolute Gasteiger partial charge is 0.264 e. The molecule has 0 radical (unpaired) electrons. The van der Waals surface area contributed by atoms with Crippen molar-refractivity contribution in [2.45, 2.75) is 6.42 Å². The van der Waals surface area contributed by atoms with Crippen LogP contribution in [0.2, 0.25) is 0 Å². The summed E-state index contributed by atoms with van der Waals surface area (Å²) in [6, 6.07) is 9.09. The number of nitrogens with zero attached hydrogens (tertiary/aromatic N) is 2. The van der Waals surface area contributed by atoms with Gasteiger partial charge in [0.25, 0.3) is 5.56 Å². The number of anilines is 1. The molecular formula is C14H17N5O2. The first kappa shape index (κ1) is 14.6. The van der Waals surface area contributed by atoms with Crippen molar-refractivity contribution in [2.24, 2.45) is 5.10 Å². The topological polar surface area (TPSA) is 93.3 Å². The lowest BCUT2D eigenvalue weighted by Gasteiger charge is -2.11. The number of benzene rings is 1. The van der Waals surface area contributed by atoms with E-state index in [1.807, 2.05) is 43.3 Å². The fourth-order valence-electron chi connectivity index (χ4n) is 1.72. The summed E-state index contributed by atoms with van der Waals surface area (Å²) in [5, 5.41) is 8.85. The molecule has 0 atom stereocenters. The van der Waals surface area contributed by atoms with Crippen molar-refractivity contribution in [1.29, 1.82) is 0 Å². The van der Waals surface area contributed by atoms with Crippen LogP contribution < -0.4 is 15.9 Å². The minimum Gasteiger partial charge on any atom is -0.378 e. The van der Waals surface area contributed by atoms with Crippen LogP contribution in [-0.2, 0) is 11.2 Å². The number of nitrogens with one attached hydrogen (secondary N) is 3. The second kappa shape index (κ2) is 6.56. The SMILES string of the molecule is CN(C)c1ccc(C=NNC(=O)Cc2cc(=O)[nH][nH]2)cc1. The molecule has 21 heavy (non-hydrogen) atoms. The number of aromatic nitrogens is 2. The molecule has 2 rings (SSSR count). The summed E-state index contributed by atoms with van der Waals surface area (Å²) in [6.07, 6.45) is 1.63. The van der Waals surface area contributed by atoms with Gasteiger partial charge in [-0.1, -0.05) is 12.1 Å². The van der Waals surface area contributed by atoms with Crippen LogP contribution >= 0.6 is 0 Å². The molecule has 0 bridgehead atoms. The summed E-state index contributed by atoms with van der Waals surface area (Å²) in [5.74, 6) is -0.300. The minimum absolute atomic E-state index is 0.0651. The normalized spacial score (nSPS) is 10.8. The summed E-state index contributed by atoms with van der Waals surface area (Å²) >= 11 is 0. The van der Waals surface area contributed by atoms with Gasteiger partial charge in [-0.2, -0.15) is 5.10 Å². The van der Waals surface area contributed by atoms with Gasteiger partial charge >= 0.3 is 0 Å². The summed E-state index contributed by atoms with van der Waals surface area (Å²) < 4.78 is 0. The Morgan fingerprint density at radius 3 is 2.57 bits per heavy atom. The van der Waals surface area contributed by atoms with Crippen molar-refractivity contribution in [3.05, 3.63) is 51.9 Å². The monoisotopic (exact) mass is 287 g/mol. The molecule has 0 unspecified atom stereocenters. The van der Waals surface area contributed by atoms with E-state index in [4.69, 9.17) is 0 Å². The van der Waals surface area contributed by atoms with Crippen molar-refractivity contribution >= 4 is 17.8 Å². The highest BCUT2D eigenvalue weighted by Gasteiger charge is 2.03. The number of carbonyl (C=O) groups excluding carboxylic acids is 1. The number of hydrogen-bond donors (Lipinski definition) is 3. The zero-order chi connectivity index (χ0) is 15.2. The zero-order valence-corrected chi connectivity index (χ0v) is 11.9. The Bertz CT molecular complexity index is 682. The molecule has 0 aliphatic rings. The van der Waals surface area contributed by atoms with E-state index < -0.39 is 0 Å². The Labute approximate surface area is 121 Å². The highest BCUT2D eigenvalue weighted by atomic mass is 16.2. The van der Waals surface area contributed by atoms with E-state index in [-0.39, 0.29) is 17.9 Å². The maximum atomic E-state index is 11.6. The number of hydrazone groups is 1. The predicted molar refractivity (Wildman–Crippen MR) is 81.6 cm³/mol. The van der Waals surface area contributed by atoms with E-state index in [1.54, 1.807) is 6.21 Å². The van der Waals surface area contributed by atoms with Gasteiger partial charge in [-0.3, -0.25) is 14.7 Å².